The van der Waals surface area contributed by atoms with E-state index in [1.54, 1.807) is 7.05 Å². The Bertz CT molecular complexity index is 313. The Hall–Kier alpha value is -1.14. The lowest BCUT2D eigenvalue weighted by Gasteiger charge is -2.49. The van der Waals surface area contributed by atoms with Gasteiger partial charge in [-0.2, -0.15) is 0 Å². The van der Waals surface area contributed by atoms with Crippen LogP contribution in [0.2, 0.25) is 0 Å². The van der Waals surface area contributed by atoms with Gasteiger partial charge in [0.2, 0.25) is 0 Å². The molecular formula is C12H24N4O2. The van der Waals surface area contributed by atoms with Crippen LogP contribution in [-0.4, -0.2) is 67.9 Å². The van der Waals surface area contributed by atoms with Gasteiger partial charge in [0.05, 0.1) is 0 Å². The minimum atomic E-state index is -0.573. The largest absolute Gasteiger partial charge is 0.347 e. The van der Waals surface area contributed by atoms with E-state index in [9.17, 15) is 9.59 Å². The van der Waals surface area contributed by atoms with E-state index in [-0.39, 0.29) is 5.54 Å². The van der Waals surface area contributed by atoms with Crippen LogP contribution < -0.4 is 11.1 Å². The molecule has 0 unspecified atom stereocenters. The third kappa shape index (κ3) is 3.20. The maximum absolute atomic E-state index is 11.8. The predicted molar refractivity (Wildman–Crippen MR) is 70.0 cm³/mol. The Morgan fingerprint density at radius 3 is 2.28 bits per heavy atom. The quantitative estimate of drug-likeness (QED) is 0.619. The zero-order valence-corrected chi connectivity index (χ0v) is 11.5. The van der Waals surface area contributed by atoms with Gasteiger partial charge in [-0.1, -0.05) is 0 Å². The lowest BCUT2D eigenvalue weighted by molar-refractivity contribution is -0.146. The molecule has 6 nitrogen and oxygen atoms in total. The number of hydrogen-bond donors (Lipinski definition) is 2. The van der Waals surface area contributed by atoms with Crippen molar-refractivity contribution in [1.29, 1.82) is 0 Å². The molecule has 0 aromatic heterocycles. The smallest absolute Gasteiger partial charge is 0.311 e. The highest BCUT2D eigenvalue weighted by atomic mass is 16.2. The highest BCUT2D eigenvalue weighted by Crippen LogP contribution is 2.36. The molecule has 3 N–H and O–H groups in total. The molecule has 1 rings (SSSR count). The van der Waals surface area contributed by atoms with Crippen LogP contribution in [0.1, 0.15) is 19.3 Å². The van der Waals surface area contributed by atoms with Crippen molar-refractivity contribution >= 4 is 11.8 Å². The minimum absolute atomic E-state index is 0.0402. The molecule has 0 saturated heterocycles. The molecule has 104 valence electrons. The van der Waals surface area contributed by atoms with Gasteiger partial charge in [0.15, 0.2) is 0 Å². The van der Waals surface area contributed by atoms with E-state index in [0.717, 1.165) is 12.8 Å². The molecule has 1 saturated carbocycles. The third-order valence-corrected chi connectivity index (χ3v) is 3.74. The van der Waals surface area contributed by atoms with E-state index in [4.69, 9.17) is 5.73 Å². The number of carbonyl (C=O) groups is 2. The standard InChI is InChI=1S/C12H24N4O2/c1-15(2)12(5-4-6-12)9-16(3)11(18)10(17)14-8-7-13/h4-9,13H2,1-3H3,(H,14,17). The molecule has 0 bridgehead atoms. The molecule has 1 aliphatic carbocycles. The number of nitrogens with two attached hydrogens (primary N) is 1. The first-order valence-corrected chi connectivity index (χ1v) is 6.34. The van der Waals surface area contributed by atoms with Crippen LogP contribution in [0.5, 0.6) is 0 Å². The summed E-state index contributed by atoms with van der Waals surface area (Å²) >= 11 is 0. The number of hydrogen-bond acceptors (Lipinski definition) is 4. The number of carbonyl (C=O) groups excluding carboxylic acids is 2. The number of amides is 2. The average molecular weight is 256 g/mol. The van der Waals surface area contributed by atoms with Crippen molar-refractivity contribution in [2.45, 2.75) is 24.8 Å². The van der Waals surface area contributed by atoms with E-state index in [0.29, 0.717) is 19.6 Å². The van der Waals surface area contributed by atoms with Crippen LogP contribution in [0.25, 0.3) is 0 Å². The first-order valence-electron chi connectivity index (χ1n) is 6.34. The molecule has 1 aliphatic rings. The zero-order valence-electron chi connectivity index (χ0n) is 11.5. The summed E-state index contributed by atoms with van der Waals surface area (Å²) in [4.78, 5) is 27.0. The normalized spacial score (nSPS) is 17.2. The highest BCUT2D eigenvalue weighted by molar-refractivity contribution is 6.34. The molecule has 0 radical (unpaired) electrons. The van der Waals surface area contributed by atoms with Crippen LogP contribution >= 0.6 is 0 Å². The van der Waals surface area contributed by atoms with Gasteiger partial charge in [0.1, 0.15) is 0 Å². The summed E-state index contributed by atoms with van der Waals surface area (Å²) in [5, 5.41) is 2.50. The maximum Gasteiger partial charge on any atom is 0.311 e. The van der Waals surface area contributed by atoms with Crippen molar-refractivity contribution in [2.75, 3.05) is 40.8 Å². The molecule has 0 atom stereocenters. The van der Waals surface area contributed by atoms with Crippen molar-refractivity contribution in [2.24, 2.45) is 5.73 Å². The lowest BCUT2D eigenvalue weighted by Crippen LogP contribution is -2.58. The zero-order chi connectivity index (χ0) is 13.8. The highest BCUT2D eigenvalue weighted by Gasteiger charge is 2.41. The SMILES string of the molecule is CN(CC1(N(C)C)CCC1)C(=O)C(=O)NCCN. The average Bonchev–Trinajstić information content (AvgIpc) is 2.28. The molecule has 0 aliphatic heterocycles. The monoisotopic (exact) mass is 256 g/mol. The first-order chi connectivity index (χ1) is 8.43. The predicted octanol–water partition coefficient (Wildman–Crippen LogP) is -0.996. The van der Waals surface area contributed by atoms with E-state index in [2.05, 4.69) is 10.2 Å². The molecule has 6 heteroatoms. The first kappa shape index (κ1) is 14.9. The molecule has 0 heterocycles. The van der Waals surface area contributed by atoms with Crippen molar-refractivity contribution in [3.63, 3.8) is 0 Å². The summed E-state index contributed by atoms with van der Waals surface area (Å²) in [7, 11) is 5.71. The third-order valence-electron chi connectivity index (χ3n) is 3.74. The number of rotatable bonds is 5. The topological polar surface area (TPSA) is 78.7 Å². The fraction of sp³-hybridized carbons (Fsp3) is 0.833. The van der Waals surface area contributed by atoms with E-state index < -0.39 is 11.8 Å². The van der Waals surface area contributed by atoms with Gasteiger partial charge in [0, 0.05) is 32.2 Å². The Kier molecular flexibility index (Phi) is 5.10. The Morgan fingerprint density at radius 2 is 1.89 bits per heavy atom. The second-order valence-electron chi connectivity index (χ2n) is 5.18. The van der Waals surface area contributed by atoms with Crippen molar-refractivity contribution in [3.8, 4) is 0 Å². The van der Waals surface area contributed by atoms with Gasteiger partial charge >= 0.3 is 11.8 Å². The summed E-state index contributed by atoms with van der Waals surface area (Å²) in [6.45, 7) is 1.26. The summed E-state index contributed by atoms with van der Waals surface area (Å²) in [5.41, 5.74) is 5.32. The van der Waals surface area contributed by atoms with E-state index in [1.807, 2.05) is 14.1 Å². The van der Waals surface area contributed by atoms with Crippen molar-refractivity contribution in [3.05, 3.63) is 0 Å². The van der Waals surface area contributed by atoms with Gasteiger partial charge in [0.25, 0.3) is 0 Å². The molecule has 0 aromatic rings. The van der Waals surface area contributed by atoms with Crippen LogP contribution in [0.4, 0.5) is 0 Å². The second-order valence-corrected chi connectivity index (χ2v) is 5.18. The van der Waals surface area contributed by atoms with Gasteiger partial charge in [-0.15, -0.1) is 0 Å². The van der Waals surface area contributed by atoms with Crippen LogP contribution in [0.15, 0.2) is 0 Å². The Balaban J connectivity index is 2.51. The number of nitrogens with one attached hydrogen (secondary N) is 1. The van der Waals surface area contributed by atoms with Crippen LogP contribution in [0.3, 0.4) is 0 Å². The lowest BCUT2D eigenvalue weighted by atomic mass is 9.75. The summed E-state index contributed by atoms with van der Waals surface area (Å²) < 4.78 is 0. The van der Waals surface area contributed by atoms with Gasteiger partial charge in [-0.05, 0) is 33.4 Å². The minimum Gasteiger partial charge on any atom is -0.347 e. The summed E-state index contributed by atoms with van der Waals surface area (Å²) in [6, 6.07) is 0. The second kappa shape index (κ2) is 6.15. The Morgan fingerprint density at radius 1 is 1.28 bits per heavy atom. The van der Waals surface area contributed by atoms with Crippen LogP contribution in [-0.2, 0) is 9.59 Å². The summed E-state index contributed by atoms with van der Waals surface area (Å²) in [6.07, 6.45) is 3.32. The molecular weight excluding hydrogens is 232 g/mol. The molecule has 0 spiro atoms. The fourth-order valence-corrected chi connectivity index (χ4v) is 2.28. The van der Waals surface area contributed by atoms with Gasteiger partial charge in [-0.3, -0.25) is 9.59 Å². The maximum atomic E-state index is 11.8. The number of likely N-dealkylation sites (N-methyl/N-ethyl adjacent to an activating group) is 2. The Labute approximate surface area is 108 Å². The molecule has 0 aromatic carbocycles. The molecule has 2 amide bonds. The number of nitrogens with zero attached hydrogens (tertiary/aromatic N) is 2. The van der Waals surface area contributed by atoms with Crippen molar-refractivity contribution in [1.82, 2.24) is 15.1 Å². The van der Waals surface area contributed by atoms with Gasteiger partial charge in [-0.25, -0.2) is 0 Å². The van der Waals surface area contributed by atoms with E-state index >= 15 is 0 Å². The van der Waals surface area contributed by atoms with E-state index in [1.165, 1.54) is 11.3 Å². The van der Waals surface area contributed by atoms with Crippen molar-refractivity contribution < 1.29 is 9.59 Å². The van der Waals surface area contributed by atoms with Gasteiger partial charge < -0.3 is 20.9 Å². The summed E-state index contributed by atoms with van der Waals surface area (Å²) in [5.74, 6) is -1.06. The molecule has 18 heavy (non-hydrogen) atoms. The van der Waals surface area contributed by atoms with Crippen LogP contribution in [0, 0.1) is 0 Å². The molecule has 1 fully saturated rings. The fourth-order valence-electron chi connectivity index (χ4n) is 2.28.